The van der Waals surface area contributed by atoms with Crippen LogP contribution < -0.4 is 10.1 Å². The van der Waals surface area contributed by atoms with E-state index < -0.39 is 0 Å². The van der Waals surface area contributed by atoms with Crippen molar-refractivity contribution in [1.82, 2.24) is 10.2 Å². The lowest BCUT2D eigenvalue weighted by molar-refractivity contribution is 0.0885. The van der Waals surface area contributed by atoms with Crippen LogP contribution in [0.25, 0.3) is 0 Å². The molecule has 23 heavy (non-hydrogen) atoms. The Labute approximate surface area is 138 Å². The molecule has 0 aliphatic carbocycles. The summed E-state index contributed by atoms with van der Waals surface area (Å²) >= 11 is 0. The maximum Gasteiger partial charge on any atom is 0.127 e. The van der Waals surface area contributed by atoms with Crippen molar-refractivity contribution in [2.45, 2.75) is 6.61 Å². The number of hydrogen-bond donors (Lipinski definition) is 1. The molecule has 1 N–H and O–H groups in total. The van der Waals surface area contributed by atoms with Gasteiger partial charge in [0.25, 0.3) is 0 Å². The highest BCUT2D eigenvalue weighted by molar-refractivity contribution is 5.33. The average molecular weight is 312 g/mol. The Balaban J connectivity index is 1.44. The number of ether oxygens (including phenoxy) is 2. The van der Waals surface area contributed by atoms with Gasteiger partial charge in [-0.2, -0.15) is 0 Å². The standard InChI is InChI=1S/C19H24N2O2/c1-2-6-18(7-3-1)23-19-8-4-5-17(15-19)16-22-14-13-21-11-9-20-10-12-21/h1-8,15,20H,9-14,16H2. The van der Waals surface area contributed by atoms with Crippen LogP contribution in [0, 0.1) is 0 Å². The van der Waals surface area contributed by atoms with Gasteiger partial charge in [-0.3, -0.25) is 4.90 Å². The van der Waals surface area contributed by atoms with Gasteiger partial charge in [-0.25, -0.2) is 0 Å². The minimum atomic E-state index is 0.623. The molecule has 0 spiro atoms. The molecule has 4 heteroatoms. The first-order valence-corrected chi connectivity index (χ1v) is 8.23. The van der Waals surface area contributed by atoms with Crippen molar-refractivity contribution < 1.29 is 9.47 Å². The molecular formula is C19H24N2O2. The zero-order valence-corrected chi connectivity index (χ0v) is 13.4. The van der Waals surface area contributed by atoms with Crippen molar-refractivity contribution in [3.8, 4) is 11.5 Å². The van der Waals surface area contributed by atoms with Crippen molar-refractivity contribution in [3.05, 3.63) is 60.2 Å². The molecule has 0 atom stereocenters. The number of para-hydroxylation sites is 1. The smallest absolute Gasteiger partial charge is 0.127 e. The van der Waals surface area contributed by atoms with E-state index in [1.54, 1.807) is 0 Å². The van der Waals surface area contributed by atoms with Gasteiger partial charge in [-0.15, -0.1) is 0 Å². The van der Waals surface area contributed by atoms with E-state index in [1.165, 1.54) is 0 Å². The normalized spacial score (nSPS) is 15.5. The van der Waals surface area contributed by atoms with E-state index in [0.717, 1.165) is 56.4 Å². The third kappa shape index (κ3) is 5.36. The summed E-state index contributed by atoms with van der Waals surface area (Å²) in [5, 5.41) is 3.36. The second kappa shape index (κ2) is 8.67. The van der Waals surface area contributed by atoms with Crippen LogP contribution in [0.15, 0.2) is 54.6 Å². The Morgan fingerprint density at radius 2 is 1.70 bits per heavy atom. The maximum atomic E-state index is 5.85. The number of piperazine rings is 1. The van der Waals surface area contributed by atoms with Gasteiger partial charge in [0.15, 0.2) is 0 Å². The molecule has 1 aliphatic heterocycles. The van der Waals surface area contributed by atoms with Crippen molar-refractivity contribution in [3.63, 3.8) is 0 Å². The first-order chi connectivity index (χ1) is 11.4. The quantitative estimate of drug-likeness (QED) is 0.797. The van der Waals surface area contributed by atoms with E-state index in [1.807, 2.05) is 48.5 Å². The molecule has 0 radical (unpaired) electrons. The van der Waals surface area contributed by atoms with E-state index in [4.69, 9.17) is 9.47 Å². The Hall–Kier alpha value is -1.88. The van der Waals surface area contributed by atoms with Crippen LogP contribution in [-0.4, -0.2) is 44.2 Å². The van der Waals surface area contributed by atoms with Crippen LogP contribution in [0.1, 0.15) is 5.56 Å². The van der Waals surface area contributed by atoms with Gasteiger partial charge < -0.3 is 14.8 Å². The van der Waals surface area contributed by atoms with E-state index in [2.05, 4.69) is 16.3 Å². The first kappa shape index (κ1) is 16.0. The third-order valence-electron chi connectivity index (χ3n) is 3.91. The molecule has 0 saturated carbocycles. The third-order valence-corrected chi connectivity index (χ3v) is 3.91. The summed E-state index contributed by atoms with van der Waals surface area (Å²) in [6.45, 7) is 6.79. The number of nitrogens with one attached hydrogen (secondary N) is 1. The van der Waals surface area contributed by atoms with Crippen LogP contribution in [-0.2, 0) is 11.3 Å². The number of rotatable bonds is 7. The number of hydrogen-bond acceptors (Lipinski definition) is 4. The van der Waals surface area contributed by atoms with Crippen molar-refractivity contribution in [2.24, 2.45) is 0 Å². The summed E-state index contributed by atoms with van der Waals surface area (Å²) in [4.78, 5) is 2.44. The molecular weight excluding hydrogens is 288 g/mol. The van der Waals surface area contributed by atoms with Gasteiger partial charge in [-0.05, 0) is 29.8 Å². The van der Waals surface area contributed by atoms with Gasteiger partial charge in [-0.1, -0.05) is 30.3 Å². The van der Waals surface area contributed by atoms with Gasteiger partial charge in [0, 0.05) is 32.7 Å². The topological polar surface area (TPSA) is 33.7 Å². The fraction of sp³-hybridized carbons (Fsp3) is 0.368. The van der Waals surface area contributed by atoms with Gasteiger partial charge >= 0.3 is 0 Å². The summed E-state index contributed by atoms with van der Waals surface area (Å²) in [7, 11) is 0. The molecule has 122 valence electrons. The molecule has 0 aromatic heterocycles. The Bertz CT molecular complexity index is 583. The molecule has 2 aromatic carbocycles. The van der Waals surface area contributed by atoms with Gasteiger partial charge in [0.2, 0.25) is 0 Å². The molecule has 0 bridgehead atoms. The highest BCUT2D eigenvalue weighted by atomic mass is 16.5. The Morgan fingerprint density at radius 3 is 2.52 bits per heavy atom. The molecule has 4 nitrogen and oxygen atoms in total. The minimum Gasteiger partial charge on any atom is -0.457 e. The summed E-state index contributed by atoms with van der Waals surface area (Å²) < 4.78 is 11.7. The lowest BCUT2D eigenvalue weighted by Crippen LogP contribution is -2.44. The van der Waals surface area contributed by atoms with Crippen LogP contribution in [0.3, 0.4) is 0 Å². The van der Waals surface area contributed by atoms with Gasteiger partial charge in [0.05, 0.1) is 13.2 Å². The summed E-state index contributed by atoms with van der Waals surface area (Å²) in [5.41, 5.74) is 1.14. The molecule has 1 fully saturated rings. The van der Waals surface area contributed by atoms with Gasteiger partial charge in [0.1, 0.15) is 11.5 Å². The second-order valence-corrected chi connectivity index (χ2v) is 5.71. The fourth-order valence-electron chi connectivity index (χ4n) is 2.64. The average Bonchev–Trinajstić information content (AvgIpc) is 2.61. The van der Waals surface area contributed by atoms with Crippen LogP contribution in [0.5, 0.6) is 11.5 Å². The molecule has 1 heterocycles. The highest BCUT2D eigenvalue weighted by Crippen LogP contribution is 2.22. The Morgan fingerprint density at radius 1 is 0.913 bits per heavy atom. The van der Waals surface area contributed by atoms with E-state index in [9.17, 15) is 0 Å². The van der Waals surface area contributed by atoms with Crippen LogP contribution >= 0.6 is 0 Å². The molecule has 0 unspecified atom stereocenters. The molecule has 0 amide bonds. The summed E-state index contributed by atoms with van der Waals surface area (Å²) in [6.07, 6.45) is 0. The largest absolute Gasteiger partial charge is 0.457 e. The fourth-order valence-corrected chi connectivity index (χ4v) is 2.64. The minimum absolute atomic E-state index is 0.623. The lowest BCUT2D eigenvalue weighted by Gasteiger charge is -2.26. The lowest BCUT2D eigenvalue weighted by atomic mass is 10.2. The zero-order chi connectivity index (χ0) is 15.7. The summed E-state index contributed by atoms with van der Waals surface area (Å²) in [6, 6.07) is 17.9. The van der Waals surface area contributed by atoms with Crippen LogP contribution in [0.4, 0.5) is 0 Å². The highest BCUT2D eigenvalue weighted by Gasteiger charge is 2.08. The second-order valence-electron chi connectivity index (χ2n) is 5.71. The monoisotopic (exact) mass is 312 g/mol. The molecule has 1 aliphatic rings. The van der Waals surface area contributed by atoms with Crippen molar-refractivity contribution in [2.75, 3.05) is 39.3 Å². The number of nitrogens with zero attached hydrogens (tertiary/aromatic N) is 1. The van der Waals surface area contributed by atoms with E-state index >= 15 is 0 Å². The van der Waals surface area contributed by atoms with E-state index in [0.29, 0.717) is 6.61 Å². The zero-order valence-electron chi connectivity index (χ0n) is 13.4. The predicted molar refractivity (Wildman–Crippen MR) is 91.9 cm³/mol. The molecule has 1 saturated heterocycles. The summed E-state index contributed by atoms with van der Waals surface area (Å²) in [5.74, 6) is 1.70. The van der Waals surface area contributed by atoms with Crippen LogP contribution in [0.2, 0.25) is 0 Å². The maximum absolute atomic E-state index is 5.85. The molecule has 2 aromatic rings. The predicted octanol–water partition coefficient (Wildman–Crippen LogP) is 2.90. The Kier molecular flexibility index (Phi) is 6.03. The SMILES string of the molecule is c1ccc(Oc2cccc(COCCN3CCNCC3)c2)cc1. The molecule has 3 rings (SSSR count). The first-order valence-electron chi connectivity index (χ1n) is 8.23. The van der Waals surface area contributed by atoms with Crippen molar-refractivity contribution in [1.29, 1.82) is 0 Å². The number of benzene rings is 2. The van der Waals surface area contributed by atoms with Crippen molar-refractivity contribution >= 4 is 0 Å². The van der Waals surface area contributed by atoms with E-state index in [-0.39, 0.29) is 0 Å².